The lowest BCUT2D eigenvalue weighted by Crippen LogP contribution is -2.44. The summed E-state index contributed by atoms with van der Waals surface area (Å²) in [6, 6.07) is 8.41. The van der Waals surface area contributed by atoms with E-state index >= 15 is 0 Å². The molecular weight excluding hydrogens is 250 g/mol. The summed E-state index contributed by atoms with van der Waals surface area (Å²) in [4.78, 5) is 16.5. The van der Waals surface area contributed by atoms with E-state index < -0.39 is 0 Å². The molecule has 1 fully saturated rings. The van der Waals surface area contributed by atoms with Crippen LogP contribution in [-0.2, 0) is 11.2 Å². The Morgan fingerprint density at radius 3 is 2.40 bits per heavy atom. The highest BCUT2D eigenvalue weighted by molar-refractivity contribution is 5.76. The van der Waals surface area contributed by atoms with Crippen molar-refractivity contribution in [2.45, 2.75) is 31.7 Å². The molecule has 0 saturated carbocycles. The van der Waals surface area contributed by atoms with E-state index in [1.807, 2.05) is 29.2 Å². The molecule has 1 amide bonds. The lowest BCUT2D eigenvalue weighted by atomic mass is 10.0. The molecule has 0 aromatic heterocycles. The third-order valence-electron chi connectivity index (χ3n) is 4.15. The highest BCUT2D eigenvalue weighted by atomic mass is 16.2. The number of nitrogens with zero attached hydrogens (tertiary/aromatic N) is 2. The number of hydrogen-bond donors (Lipinski definition) is 1. The number of piperidine rings is 1. The van der Waals surface area contributed by atoms with Gasteiger partial charge in [-0.15, -0.1) is 0 Å². The van der Waals surface area contributed by atoms with E-state index in [1.54, 1.807) is 0 Å². The Hall–Kier alpha value is -1.55. The summed E-state index contributed by atoms with van der Waals surface area (Å²) in [6.45, 7) is 1.78. The standard InChI is InChI=1S/C16H25N3O/c1-18(2)15-9-11-19(12-10-15)16(20)8-5-13-3-6-14(17)7-4-13/h3-4,6-7,15H,5,8-12,17H2,1-2H3. The molecule has 1 heterocycles. The zero-order valence-corrected chi connectivity index (χ0v) is 12.5. The van der Waals surface area contributed by atoms with Gasteiger partial charge in [-0.3, -0.25) is 4.79 Å². The number of rotatable bonds is 4. The zero-order chi connectivity index (χ0) is 14.5. The average Bonchev–Trinajstić information content (AvgIpc) is 2.46. The number of aryl methyl sites for hydroxylation is 1. The Morgan fingerprint density at radius 1 is 1.25 bits per heavy atom. The van der Waals surface area contributed by atoms with Crippen LogP contribution in [0.25, 0.3) is 0 Å². The lowest BCUT2D eigenvalue weighted by molar-refractivity contribution is -0.132. The number of amides is 1. The van der Waals surface area contributed by atoms with Gasteiger partial charge in [0, 0.05) is 31.2 Å². The molecule has 110 valence electrons. The van der Waals surface area contributed by atoms with Gasteiger partial charge in [-0.1, -0.05) is 12.1 Å². The molecule has 1 saturated heterocycles. The summed E-state index contributed by atoms with van der Waals surface area (Å²) in [5, 5.41) is 0. The molecule has 4 nitrogen and oxygen atoms in total. The summed E-state index contributed by atoms with van der Waals surface area (Å²) >= 11 is 0. The normalized spacial score (nSPS) is 16.6. The fourth-order valence-corrected chi connectivity index (χ4v) is 2.73. The molecule has 20 heavy (non-hydrogen) atoms. The van der Waals surface area contributed by atoms with Crippen molar-refractivity contribution >= 4 is 11.6 Å². The van der Waals surface area contributed by atoms with Crippen molar-refractivity contribution in [1.29, 1.82) is 0 Å². The Bertz CT molecular complexity index is 434. The van der Waals surface area contributed by atoms with Crippen LogP contribution in [0.4, 0.5) is 5.69 Å². The predicted octanol–water partition coefficient (Wildman–Crippen LogP) is 1.75. The van der Waals surface area contributed by atoms with Crippen molar-refractivity contribution in [3.05, 3.63) is 29.8 Å². The monoisotopic (exact) mass is 275 g/mol. The van der Waals surface area contributed by atoms with Crippen molar-refractivity contribution < 1.29 is 4.79 Å². The third kappa shape index (κ3) is 3.97. The molecule has 0 atom stereocenters. The van der Waals surface area contributed by atoms with E-state index in [4.69, 9.17) is 5.73 Å². The fraction of sp³-hybridized carbons (Fsp3) is 0.562. The van der Waals surface area contributed by atoms with Crippen LogP contribution in [0.5, 0.6) is 0 Å². The van der Waals surface area contributed by atoms with Gasteiger partial charge in [0.05, 0.1) is 0 Å². The van der Waals surface area contributed by atoms with E-state index in [0.717, 1.165) is 38.0 Å². The van der Waals surface area contributed by atoms with Gasteiger partial charge in [0.15, 0.2) is 0 Å². The topological polar surface area (TPSA) is 49.6 Å². The maximum atomic E-state index is 12.2. The number of hydrogen-bond acceptors (Lipinski definition) is 3. The summed E-state index contributed by atoms with van der Waals surface area (Å²) in [5.74, 6) is 0.277. The molecule has 0 spiro atoms. The number of likely N-dealkylation sites (tertiary alicyclic amines) is 1. The second-order valence-electron chi connectivity index (χ2n) is 5.82. The van der Waals surface area contributed by atoms with E-state index in [2.05, 4.69) is 19.0 Å². The SMILES string of the molecule is CN(C)C1CCN(C(=O)CCc2ccc(N)cc2)CC1. The van der Waals surface area contributed by atoms with Crippen LogP contribution in [0.3, 0.4) is 0 Å². The van der Waals surface area contributed by atoms with E-state index in [-0.39, 0.29) is 5.91 Å². The van der Waals surface area contributed by atoms with Gasteiger partial charge in [0.25, 0.3) is 0 Å². The summed E-state index contributed by atoms with van der Waals surface area (Å²) < 4.78 is 0. The number of nitrogens with two attached hydrogens (primary N) is 1. The number of nitrogen functional groups attached to an aromatic ring is 1. The first-order chi connectivity index (χ1) is 9.56. The van der Waals surface area contributed by atoms with E-state index in [1.165, 1.54) is 5.56 Å². The van der Waals surface area contributed by atoms with Crippen molar-refractivity contribution in [3.8, 4) is 0 Å². The molecule has 1 aliphatic rings. The van der Waals surface area contributed by atoms with Crippen molar-refractivity contribution in [3.63, 3.8) is 0 Å². The maximum absolute atomic E-state index is 12.2. The smallest absolute Gasteiger partial charge is 0.222 e. The molecule has 0 aliphatic carbocycles. The molecule has 4 heteroatoms. The summed E-state index contributed by atoms with van der Waals surface area (Å²) in [7, 11) is 4.23. The van der Waals surface area contributed by atoms with Gasteiger partial charge >= 0.3 is 0 Å². The maximum Gasteiger partial charge on any atom is 0.222 e. The molecule has 2 rings (SSSR count). The van der Waals surface area contributed by atoms with Gasteiger partial charge in [-0.25, -0.2) is 0 Å². The van der Waals surface area contributed by atoms with Gasteiger partial charge in [-0.2, -0.15) is 0 Å². The summed E-state index contributed by atoms with van der Waals surface area (Å²) in [5.41, 5.74) is 7.60. The minimum Gasteiger partial charge on any atom is -0.399 e. The Morgan fingerprint density at radius 2 is 1.85 bits per heavy atom. The molecule has 0 bridgehead atoms. The van der Waals surface area contributed by atoms with Crippen molar-refractivity contribution in [2.24, 2.45) is 0 Å². The van der Waals surface area contributed by atoms with Crippen LogP contribution < -0.4 is 5.73 Å². The van der Waals surface area contributed by atoms with Crippen LogP contribution in [0, 0.1) is 0 Å². The highest BCUT2D eigenvalue weighted by Gasteiger charge is 2.23. The molecule has 2 N–H and O–H groups in total. The van der Waals surface area contributed by atoms with Crippen LogP contribution in [-0.4, -0.2) is 48.9 Å². The number of anilines is 1. The average molecular weight is 275 g/mol. The number of carbonyl (C=O) groups excluding carboxylic acids is 1. The van der Waals surface area contributed by atoms with Crippen LogP contribution in [0.15, 0.2) is 24.3 Å². The van der Waals surface area contributed by atoms with Gasteiger partial charge in [-0.05, 0) is 51.1 Å². The predicted molar refractivity (Wildman–Crippen MR) is 82.5 cm³/mol. The zero-order valence-electron chi connectivity index (χ0n) is 12.5. The largest absolute Gasteiger partial charge is 0.399 e. The van der Waals surface area contributed by atoms with Crippen molar-refractivity contribution in [1.82, 2.24) is 9.80 Å². The first-order valence-corrected chi connectivity index (χ1v) is 7.35. The number of benzene rings is 1. The molecule has 1 aliphatic heterocycles. The first-order valence-electron chi connectivity index (χ1n) is 7.35. The second-order valence-corrected chi connectivity index (χ2v) is 5.82. The van der Waals surface area contributed by atoms with E-state index in [9.17, 15) is 4.79 Å². The Labute approximate surface area is 121 Å². The second kappa shape index (κ2) is 6.75. The molecule has 1 aromatic rings. The molecular formula is C16H25N3O. The third-order valence-corrected chi connectivity index (χ3v) is 4.15. The quantitative estimate of drug-likeness (QED) is 0.852. The van der Waals surface area contributed by atoms with E-state index in [0.29, 0.717) is 12.5 Å². The van der Waals surface area contributed by atoms with Crippen LogP contribution in [0.1, 0.15) is 24.8 Å². The Kier molecular flexibility index (Phi) is 5.01. The minimum atomic E-state index is 0.277. The van der Waals surface area contributed by atoms with Gasteiger partial charge < -0.3 is 15.5 Å². The lowest BCUT2D eigenvalue weighted by Gasteiger charge is -2.35. The summed E-state index contributed by atoms with van der Waals surface area (Å²) in [6.07, 6.45) is 3.56. The molecule has 0 radical (unpaired) electrons. The van der Waals surface area contributed by atoms with Crippen molar-refractivity contribution in [2.75, 3.05) is 32.9 Å². The minimum absolute atomic E-state index is 0.277. The van der Waals surface area contributed by atoms with Crippen LogP contribution in [0.2, 0.25) is 0 Å². The van der Waals surface area contributed by atoms with Gasteiger partial charge in [0.2, 0.25) is 5.91 Å². The first kappa shape index (κ1) is 14.9. The fourth-order valence-electron chi connectivity index (χ4n) is 2.73. The van der Waals surface area contributed by atoms with Crippen LogP contribution >= 0.6 is 0 Å². The molecule has 1 aromatic carbocycles. The van der Waals surface area contributed by atoms with Gasteiger partial charge in [0.1, 0.15) is 0 Å². The highest BCUT2D eigenvalue weighted by Crippen LogP contribution is 2.16. The Balaban J connectivity index is 1.77. The molecule has 0 unspecified atom stereocenters. The number of carbonyl (C=O) groups is 1.